The summed E-state index contributed by atoms with van der Waals surface area (Å²) in [7, 11) is 0. The monoisotopic (exact) mass is 234 g/mol. The summed E-state index contributed by atoms with van der Waals surface area (Å²) >= 11 is 6.17. The quantitative estimate of drug-likeness (QED) is 0.679. The third-order valence-electron chi connectivity index (χ3n) is 3.15. The van der Waals surface area contributed by atoms with Crippen LogP contribution in [0.4, 0.5) is 5.69 Å². The van der Waals surface area contributed by atoms with Gasteiger partial charge in [-0.15, -0.1) is 0 Å². The number of nitrogens with zero attached hydrogens (tertiary/aromatic N) is 2. The van der Waals surface area contributed by atoms with Crippen LogP contribution in [-0.2, 0) is 0 Å². The van der Waals surface area contributed by atoms with E-state index in [4.69, 9.17) is 11.6 Å². The van der Waals surface area contributed by atoms with E-state index >= 15 is 0 Å². The molecule has 1 unspecified atom stereocenters. The third-order valence-corrected chi connectivity index (χ3v) is 3.49. The van der Waals surface area contributed by atoms with Gasteiger partial charge in [0.05, 0.1) is 17.3 Å². The van der Waals surface area contributed by atoms with Gasteiger partial charge in [-0.05, 0) is 25.0 Å². The average Bonchev–Trinajstić information content (AvgIpc) is 2.74. The summed E-state index contributed by atoms with van der Waals surface area (Å²) < 4.78 is 0. The molecule has 0 radical (unpaired) electrons. The number of amides is 1. The number of aliphatic imine (C=N–C) groups is 1. The molecule has 0 saturated carbocycles. The summed E-state index contributed by atoms with van der Waals surface area (Å²) in [5, 5.41) is 0.538. The van der Waals surface area contributed by atoms with Crippen molar-refractivity contribution in [3.8, 4) is 0 Å². The van der Waals surface area contributed by atoms with E-state index in [2.05, 4.69) is 4.99 Å². The van der Waals surface area contributed by atoms with E-state index in [0.717, 1.165) is 19.4 Å². The molecule has 1 saturated heterocycles. The van der Waals surface area contributed by atoms with Gasteiger partial charge in [0, 0.05) is 6.54 Å². The number of fused-ring (bicyclic) bond motifs is 2. The molecule has 3 rings (SSSR count). The van der Waals surface area contributed by atoms with E-state index in [1.165, 1.54) is 0 Å². The van der Waals surface area contributed by atoms with Crippen LogP contribution in [0.3, 0.4) is 0 Å². The average molecular weight is 235 g/mol. The van der Waals surface area contributed by atoms with Gasteiger partial charge in [-0.3, -0.25) is 4.79 Å². The van der Waals surface area contributed by atoms with Crippen LogP contribution in [-0.4, -0.2) is 28.6 Å². The Balaban J connectivity index is 2.17. The standard InChI is InChI=1S/C12H11ClN2O/c13-11-10-6-3-7-15(10)12(16)8-4-1-2-5-9(8)14-11/h1-2,4-5,10H,3,6-7H2. The highest BCUT2D eigenvalue weighted by atomic mass is 35.5. The zero-order chi connectivity index (χ0) is 11.1. The Labute approximate surface area is 98.7 Å². The van der Waals surface area contributed by atoms with Gasteiger partial charge < -0.3 is 4.90 Å². The van der Waals surface area contributed by atoms with Crippen LogP contribution in [0, 0.1) is 0 Å². The maximum Gasteiger partial charge on any atom is 0.256 e. The lowest BCUT2D eigenvalue weighted by molar-refractivity contribution is 0.0774. The van der Waals surface area contributed by atoms with Crippen LogP contribution in [0.25, 0.3) is 0 Å². The van der Waals surface area contributed by atoms with Crippen LogP contribution in [0.5, 0.6) is 0 Å². The molecule has 0 N–H and O–H groups in total. The Hall–Kier alpha value is -1.35. The van der Waals surface area contributed by atoms with Crippen molar-refractivity contribution in [1.82, 2.24) is 4.90 Å². The normalized spacial score (nSPS) is 23.6. The second-order valence-corrected chi connectivity index (χ2v) is 4.50. The number of hydrogen-bond donors (Lipinski definition) is 0. The molecule has 16 heavy (non-hydrogen) atoms. The predicted octanol–water partition coefficient (Wildman–Crippen LogP) is 2.57. The van der Waals surface area contributed by atoms with Crippen LogP contribution in [0.15, 0.2) is 29.3 Å². The minimum atomic E-state index is -0.0124. The number of benzene rings is 1. The number of carbonyl (C=O) groups excluding carboxylic acids is 1. The van der Waals surface area contributed by atoms with Crippen molar-refractivity contribution in [1.29, 1.82) is 0 Å². The summed E-state index contributed by atoms with van der Waals surface area (Å²) in [6.45, 7) is 0.781. The molecule has 2 aliphatic rings. The lowest BCUT2D eigenvalue weighted by Gasteiger charge is -2.21. The van der Waals surface area contributed by atoms with Crippen molar-refractivity contribution in [2.45, 2.75) is 18.9 Å². The fourth-order valence-electron chi connectivity index (χ4n) is 2.35. The Morgan fingerprint density at radius 3 is 3.06 bits per heavy atom. The predicted molar refractivity (Wildman–Crippen MR) is 63.4 cm³/mol. The van der Waals surface area contributed by atoms with E-state index < -0.39 is 0 Å². The molecular formula is C12H11ClN2O. The van der Waals surface area contributed by atoms with Crippen LogP contribution < -0.4 is 0 Å². The highest BCUT2D eigenvalue weighted by molar-refractivity contribution is 6.67. The third kappa shape index (κ3) is 1.35. The largest absolute Gasteiger partial charge is 0.329 e. The zero-order valence-electron chi connectivity index (χ0n) is 8.69. The number of rotatable bonds is 0. The van der Waals surface area contributed by atoms with Crippen LogP contribution in [0.2, 0.25) is 0 Å². The van der Waals surface area contributed by atoms with Crippen molar-refractivity contribution in [3.63, 3.8) is 0 Å². The van der Waals surface area contributed by atoms with E-state index in [0.29, 0.717) is 16.4 Å². The van der Waals surface area contributed by atoms with Crippen molar-refractivity contribution >= 4 is 28.4 Å². The first-order valence-electron chi connectivity index (χ1n) is 5.41. The van der Waals surface area contributed by atoms with Crippen molar-refractivity contribution in [2.75, 3.05) is 6.54 Å². The van der Waals surface area contributed by atoms with Gasteiger partial charge in [-0.2, -0.15) is 0 Å². The van der Waals surface area contributed by atoms with E-state index in [-0.39, 0.29) is 11.9 Å². The molecule has 2 aliphatic heterocycles. The van der Waals surface area contributed by atoms with E-state index in [9.17, 15) is 4.79 Å². The molecule has 1 aromatic carbocycles. The molecule has 1 amide bonds. The van der Waals surface area contributed by atoms with Gasteiger partial charge in [-0.1, -0.05) is 23.7 Å². The number of halogens is 1. The molecule has 4 heteroatoms. The first-order valence-corrected chi connectivity index (χ1v) is 5.79. The SMILES string of the molecule is O=C1c2ccccc2N=C(Cl)C2CCCN12. The summed E-state index contributed by atoms with van der Waals surface area (Å²) in [5.41, 5.74) is 1.34. The number of hydrogen-bond acceptors (Lipinski definition) is 2. The van der Waals surface area contributed by atoms with Crippen molar-refractivity contribution in [3.05, 3.63) is 29.8 Å². The van der Waals surface area contributed by atoms with Gasteiger partial charge in [0.1, 0.15) is 5.17 Å². The molecule has 0 aromatic heterocycles. The summed E-state index contributed by atoms with van der Waals surface area (Å²) in [5.74, 6) is 0.0532. The van der Waals surface area contributed by atoms with Crippen LogP contribution in [0.1, 0.15) is 23.2 Å². The van der Waals surface area contributed by atoms with E-state index in [1.54, 1.807) is 0 Å². The Bertz CT molecular complexity index is 484. The fourth-order valence-corrected chi connectivity index (χ4v) is 2.67. The lowest BCUT2D eigenvalue weighted by atomic mass is 10.1. The van der Waals surface area contributed by atoms with E-state index in [1.807, 2.05) is 29.2 Å². The van der Waals surface area contributed by atoms with Crippen LogP contribution >= 0.6 is 11.6 Å². The molecule has 2 heterocycles. The Morgan fingerprint density at radius 2 is 2.19 bits per heavy atom. The number of carbonyl (C=O) groups is 1. The van der Waals surface area contributed by atoms with Gasteiger partial charge in [0.25, 0.3) is 5.91 Å². The highest BCUT2D eigenvalue weighted by Crippen LogP contribution is 2.31. The first-order chi connectivity index (χ1) is 7.77. The first kappa shape index (κ1) is 9.85. The summed E-state index contributed by atoms with van der Waals surface area (Å²) in [6, 6.07) is 7.36. The Morgan fingerprint density at radius 1 is 1.38 bits per heavy atom. The fraction of sp³-hybridized carbons (Fsp3) is 0.333. The molecule has 1 atom stereocenters. The summed E-state index contributed by atoms with van der Waals surface area (Å²) in [4.78, 5) is 18.4. The molecule has 1 aromatic rings. The molecule has 1 fully saturated rings. The zero-order valence-corrected chi connectivity index (χ0v) is 9.44. The number of para-hydroxylation sites is 1. The van der Waals surface area contributed by atoms with Gasteiger partial charge in [0.2, 0.25) is 0 Å². The lowest BCUT2D eigenvalue weighted by Crippen LogP contribution is -2.37. The maximum atomic E-state index is 12.3. The molecule has 0 spiro atoms. The van der Waals surface area contributed by atoms with Gasteiger partial charge in [-0.25, -0.2) is 4.99 Å². The maximum absolute atomic E-state index is 12.3. The van der Waals surface area contributed by atoms with Gasteiger partial charge in [0.15, 0.2) is 0 Å². The Kier molecular flexibility index (Phi) is 2.21. The topological polar surface area (TPSA) is 32.7 Å². The van der Waals surface area contributed by atoms with Crippen molar-refractivity contribution < 1.29 is 4.79 Å². The van der Waals surface area contributed by atoms with Gasteiger partial charge >= 0.3 is 0 Å². The molecule has 0 aliphatic carbocycles. The minimum Gasteiger partial charge on any atom is -0.329 e. The highest BCUT2D eigenvalue weighted by Gasteiger charge is 2.35. The summed E-state index contributed by atoms with van der Waals surface area (Å²) in [6.07, 6.45) is 1.92. The second-order valence-electron chi connectivity index (χ2n) is 4.11. The second kappa shape index (κ2) is 3.59. The van der Waals surface area contributed by atoms with Crippen molar-refractivity contribution in [2.24, 2.45) is 4.99 Å². The smallest absolute Gasteiger partial charge is 0.256 e. The molecular weight excluding hydrogens is 224 g/mol. The molecule has 0 bridgehead atoms. The molecule has 3 nitrogen and oxygen atoms in total. The molecule has 82 valence electrons. The minimum absolute atomic E-state index is 0.0124.